The lowest BCUT2D eigenvalue weighted by Gasteiger charge is -2.29. The van der Waals surface area contributed by atoms with E-state index >= 15 is 0 Å². The molecule has 3 rings (SSSR count). The van der Waals surface area contributed by atoms with Crippen LogP contribution in [0.3, 0.4) is 0 Å². The number of rotatable bonds is 12. The molecule has 11 nitrogen and oxygen atoms in total. The molecule has 1 aromatic carbocycles. The third-order valence-electron chi connectivity index (χ3n) is 6.61. The summed E-state index contributed by atoms with van der Waals surface area (Å²) in [6, 6.07) is 5.53. The standard InChI is InChI=1S/C29H44N6O5/c1-19(2)17-21(27(38)35-15-10-12-22(35)26(37)30-14-16-34(6)7)31-25(36)20-11-8-9-13-23(20)39-18-24-32-28(40-33-24)29(3,4)5/h8-9,11,13,19,21-22H,10,12,14-18H2,1-7H3,(H,30,37)(H,31,36)/t21-,22-/m1/s1. The summed E-state index contributed by atoms with van der Waals surface area (Å²) in [6.07, 6.45) is 1.78. The Balaban J connectivity index is 1.70. The van der Waals surface area contributed by atoms with Crippen molar-refractivity contribution in [2.45, 2.75) is 78.0 Å². The molecule has 1 aliphatic heterocycles. The third kappa shape index (κ3) is 8.51. The summed E-state index contributed by atoms with van der Waals surface area (Å²) in [7, 11) is 3.88. The van der Waals surface area contributed by atoms with Crippen LogP contribution in [0.25, 0.3) is 0 Å². The largest absolute Gasteiger partial charge is 0.485 e. The van der Waals surface area contributed by atoms with Gasteiger partial charge in [0.2, 0.25) is 23.5 Å². The first kappa shape index (κ1) is 31.1. The lowest BCUT2D eigenvalue weighted by Crippen LogP contribution is -2.54. The van der Waals surface area contributed by atoms with Gasteiger partial charge in [-0.2, -0.15) is 4.98 Å². The van der Waals surface area contributed by atoms with Crippen molar-refractivity contribution in [3.63, 3.8) is 0 Å². The Morgan fingerprint density at radius 1 is 1.20 bits per heavy atom. The Kier molecular flexibility index (Phi) is 10.7. The van der Waals surface area contributed by atoms with Gasteiger partial charge in [-0.05, 0) is 51.4 Å². The van der Waals surface area contributed by atoms with Crippen molar-refractivity contribution in [2.75, 3.05) is 33.7 Å². The van der Waals surface area contributed by atoms with Crippen molar-refractivity contribution in [3.8, 4) is 5.75 Å². The van der Waals surface area contributed by atoms with E-state index in [0.717, 1.165) is 6.42 Å². The van der Waals surface area contributed by atoms with E-state index < -0.39 is 18.0 Å². The molecule has 3 amide bonds. The quantitative estimate of drug-likeness (QED) is 0.408. The molecule has 2 N–H and O–H groups in total. The number of hydrogen-bond donors (Lipinski definition) is 2. The Morgan fingerprint density at radius 2 is 1.93 bits per heavy atom. The number of carbonyl (C=O) groups is 3. The molecule has 1 saturated heterocycles. The molecule has 1 fully saturated rings. The molecular weight excluding hydrogens is 512 g/mol. The predicted molar refractivity (Wildman–Crippen MR) is 151 cm³/mol. The highest BCUT2D eigenvalue weighted by Crippen LogP contribution is 2.24. The molecule has 11 heteroatoms. The molecule has 1 aliphatic rings. The number of ether oxygens (including phenoxy) is 1. The van der Waals surface area contributed by atoms with Crippen molar-refractivity contribution in [1.82, 2.24) is 30.6 Å². The molecule has 220 valence electrons. The fourth-order valence-electron chi connectivity index (χ4n) is 4.49. The number of likely N-dealkylation sites (N-methyl/N-ethyl adjacent to an activating group) is 1. The molecule has 2 heterocycles. The highest BCUT2D eigenvalue weighted by atomic mass is 16.5. The van der Waals surface area contributed by atoms with E-state index in [9.17, 15) is 14.4 Å². The maximum atomic E-state index is 13.7. The smallest absolute Gasteiger partial charge is 0.255 e. The number of hydrogen-bond acceptors (Lipinski definition) is 8. The third-order valence-corrected chi connectivity index (χ3v) is 6.61. The average Bonchev–Trinajstić information content (AvgIpc) is 3.56. The van der Waals surface area contributed by atoms with Crippen LogP contribution in [-0.2, 0) is 21.6 Å². The van der Waals surface area contributed by atoms with Crippen molar-refractivity contribution in [2.24, 2.45) is 5.92 Å². The first-order chi connectivity index (χ1) is 18.9. The van der Waals surface area contributed by atoms with Crippen LogP contribution in [0.15, 0.2) is 28.8 Å². The molecule has 2 atom stereocenters. The summed E-state index contributed by atoms with van der Waals surface area (Å²) < 4.78 is 11.2. The highest BCUT2D eigenvalue weighted by Gasteiger charge is 2.38. The molecule has 0 spiro atoms. The van der Waals surface area contributed by atoms with E-state index in [1.807, 2.05) is 53.6 Å². The molecule has 0 radical (unpaired) electrons. The summed E-state index contributed by atoms with van der Waals surface area (Å²) in [4.78, 5) is 48.0. The van der Waals surface area contributed by atoms with Gasteiger partial charge in [0.05, 0.1) is 5.56 Å². The van der Waals surface area contributed by atoms with Crippen molar-refractivity contribution in [3.05, 3.63) is 41.5 Å². The van der Waals surface area contributed by atoms with Crippen LogP contribution in [0.4, 0.5) is 0 Å². The van der Waals surface area contributed by atoms with Crippen LogP contribution in [-0.4, -0.2) is 83.5 Å². The number of likely N-dealkylation sites (tertiary alicyclic amines) is 1. The second-order valence-corrected chi connectivity index (χ2v) is 12.0. The van der Waals surface area contributed by atoms with Gasteiger partial charge in [0.15, 0.2) is 6.61 Å². The number of carbonyl (C=O) groups excluding carboxylic acids is 3. The Hall–Kier alpha value is -3.47. The number of amides is 3. The van der Waals surface area contributed by atoms with Crippen molar-refractivity contribution in [1.29, 1.82) is 0 Å². The van der Waals surface area contributed by atoms with Gasteiger partial charge in [-0.1, -0.05) is 51.9 Å². The highest BCUT2D eigenvalue weighted by molar-refractivity contribution is 6.00. The number of para-hydroxylation sites is 1. The van der Waals surface area contributed by atoms with E-state index in [1.165, 1.54) is 0 Å². The van der Waals surface area contributed by atoms with Gasteiger partial charge in [-0.3, -0.25) is 14.4 Å². The maximum Gasteiger partial charge on any atom is 0.255 e. The molecule has 1 aromatic heterocycles. The van der Waals surface area contributed by atoms with Gasteiger partial charge in [-0.25, -0.2) is 0 Å². The predicted octanol–water partition coefficient (Wildman–Crippen LogP) is 2.76. The SMILES string of the molecule is CC(C)C[C@@H](NC(=O)c1ccccc1OCc1noc(C(C)(C)C)n1)C(=O)N1CCC[C@@H]1C(=O)NCCN(C)C. The minimum atomic E-state index is -0.776. The van der Waals surface area contributed by atoms with Crippen LogP contribution in [0.1, 0.15) is 76.0 Å². The van der Waals surface area contributed by atoms with Crippen molar-refractivity contribution >= 4 is 17.7 Å². The van der Waals surface area contributed by atoms with Gasteiger partial charge in [-0.15, -0.1) is 0 Å². The van der Waals surface area contributed by atoms with Gasteiger partial charge < -0.3 is 29.7 Å². The summed E-state index contributed by atoms with van der Waals surface area (Å²) in [5.41, 5.74) is 0.00501. The monoisotopic (exact) mass is 556 g/mol. The van der Waals surface area contributed by atoms with Crippen LogP contribution >= 0.6 is 0 Å². The molecular formula is C29H44N6O5. The molecule has 2 aromatic rings. The summed E-state index contributed by atoms with van der Waals surface area (Å²) in [5, 5.41) is 9.83. The zero-order valence-corrected chi connectivity index (χ0v) is 24.8. The summed E-state index contributed by atoms with van der Waals surface area (Å²) in [5.74, 6) is 0.535. The average molecular weight is 557 g/mol. The fraction of sp³-hybridized carbons (Fsp3) is 0.621. The molecule has 40 heavy (non-hydrogen) atoms. The van der Waals surface area contributed by atoms with E-state index in [0.29, 0.717) is 55.5 Å². The van der Waals surface area contributed by atoms with E-state index in [-0.39, 0.29) is 29.8 Å². The number of nitrogens with one attached hydrogen (secondary N) is 2. The second-order valence-electron chi connectivity index (χ2n) is 12.0. The molecule has 0 unspecified atom stereocenters. The van der Waals surface area contributed by atoms with E-state index in [2.05, 4.69) is 20.8 Å². The molecule has 0 aliphatic carbocycles. The number of nitrogens with zero attached hydrogens (tertiary/aromatic N) is 4. The van der Waals surface area contributed by atoms with E-state index in [1.54, 1.807) is 29.2 Å². The lowest BCUT2D eigenvalue weighted by atomic mass is 9.97. The van der Waals surface area contributed by atoms with Crippen LogP contribution in [0.5, 0.6) is 5.75 Å². The molecule has 0 saturated carbocycles. The Morgan fingerprint density at radius 3 is 2.58 bits per heavy atom. The van der Waals surface area contributed by atoms with Crippen LogP contribution in [0, 0.1) is 5.92 Å². The summed E-state index contributed by atoms with van der Waals surface area (Å²) >= 11 is 0. The number of aromatic nitrogens is 2. The van der Waals surface area contributed by atoms with Crippen molar-refractivity contribution < 1.29 is 23.6 Å². The lowest BCUT2D eigenvalue weighted by molar-refractivity contribution is -0.140. The maximum absolute atomic E-state index is 13.7. The zero-order valence-electron chi connectivity index (χ0n) is 24.8. The van der Waals surface area contributed by atoms with Gasteiger partial charge in [0, 0.05) is 25.0 Å². The van der Waals surface area contributed by atoms with Gasteiger partial charge in [0.25, 0.3) is 5.91 Å². The first-order valence-electron chi connectivity index (χ1n) is 14.0. The topological polar surface area (TPSA) is 130 Å². The van der Waals surface area contributed by atoms with Crippen LogP contribution in [0.2, 0.25) is 0 Å². The van der Waals surface area contributed by atoms with E-state index in [4.69, 9.17) is 9.26 Å². The van der Waals surface area contributed by atoms with Gasteiger partial charge in [0.1, 0.15) is 17.8 Å². The second kappa shape index (κ2) is 13.7. The Labute approximate surface area is 237 Å². The number of benzene rings is 1. The summed E-state index contributed by atoms with van der Waals surface area (Å²) in [6.45, 7) is 11.6. The normalized spacial score (nSPS) is 16.3. The fourth-order valence-corrected chi connectivity index (χ4v) is 4.49. The Bertz CT molecular complexity index is 1160. The van der Waals surface area contributed by atoms with Gasteiger partial charge >= 0.3 is 0 Å². The van der Waals surface area contributed by atoms with Crippen LogP contribution < -0.4 is 15.4 Å². The first-order valence-corrected chi connectivity index (χ1v) is 14.0. The molecule has 0 bridgehead atoms. The minimum absolute atomic E-state index is 0.0244. The zero-order chi connectivity index (χ0) is 29.4. The minimum Gasteiger partial charge on any atom is -0.485 e.